The van der Waals surface area contributed by atoms with E-state index in [0.717, 1.165) is 30.5 Å². The van der Waals surface area contributed by atoms with E-state index in [1.807, 2.05) is 6.07 Å². The first-order chi connectivity index (χ1) is 10.2. The molecule has 0 spiro atoms. The van der Waals surface area contributed by atoms with Gasteiger partial charge in [-0.3, -0.25) is 4.90 Å². The van der Waals surface area contributed by atoms with Gasteiger partial charge in [-0.25, -0.2) is 0 Å². The van der Waals surface area contributed by atoms with Gasteiger partial charge in [-0.2, -0.15) is 0 Å². The van der Waals surface area contributed by atoms with Crippen LogP contribution in [0, 0.1) is 0 Å². The Morgan fingerprint density at radius 2 is 1.81 bits per heavy atom. The van der Waals surface area contributed by atoms with Crippen LogP contribution in [0.25, 0.3) is 0 Å². The molecule has 2 rings (SSSR count). The molecule has 0 aliphatic rings. The molecule has 0 amide bonds. The van der Waals surface area contributed by atoms with Crippen molar-refractivity contribution in [2.45, 2.75) is 26.4 Å². The summed E-state index contributed by atoms with van der Waals surface area (Å²) in [5, 5.41) is 3.57. The minimum absolute atomic E-state index is 0.414. The van der Waals surface area contributed by atoms with Gasteiger partial charge in [-0.15, -0.1) is 11.3 Å². The topological polar surface area (TPSA) is 15.3 Å². The number of likely N-dealkylation sites (N-methyl/N-ethyl adjacent to an activating group) is 1. The number of hydrogen-bond acceptors (Lipinski definition) is 3. The van der Waals surface area contributed by atoms with Crippen LogP contribution in [-0.2, 0) is 6.54 Å². The van der Waals surface area contributed by atoms with Crippen molar-refractivity contribution >= 4 is 22.9 Å². The Balaban J connectivity index is 1.99. The summed E-state index contributed by atoms with van der Waals surface area (Å²) in [6, 6.07) is 15.2. The van der Waals surface area contributed by atoms with Gasteiger partial charge < -0.3 is 5.32 Å². The molecule has 114 valence electrons. The molecule has 1 aromatic carbocycles. The van der Waals surface area contributed by atoms with Crippen LogP contribution in [0.15, 0.2) is 42.5 Å². The Morgan fingerprint density at radius 3 is 2.38 bits per heavy atom. The molecular weight excluding hydrogens is 300 g/mol. The molecule has 1 aromatic heterocycles. The van der Waals surface area contributed by atoms with E-state index in [4.69, 9.17) is 11.6 Å². The number of benzene rings is 1. The van der Waals surface area contributed by atoms with Gasteiger partial charge in [-0.1, -0.05) is 55.8 Å². The fraction of sp³-hybridized carbons (Fsp3) is 0.412. The summed E-state index contributed by atoms with van der Waals surface area (Å²) in [5.41, 5.74) is 1.37. The van der Waals surface area contributed by atoms with E-state index in [2.05, 4.69) is 60.5 Å². The predicted molar refractivity (Wildman–Crippen MR) is 93.1 cm³/mol. The molecule has 2 nitrogen and oxygen atoms in total. The predicted octanol–water partition coefficient (Wildman–Crippen LogP) is 4.57. The Morgan fingerprint density at radius 1 is 1.10 bits per heavy atom. The zero-order valence-electron chi connectivity index (χ0n) is 12.7. The molecule has 1 unspecified atom stereocenters. The SMILES string of the molecule is CCN(CC)C(CNCc1ccc(Cl)s1)c1ccccc1. The van der Waals surface area contributed by atoms with Crippen LogP contribution in [0.1, 0.15) is 30.3 Å². The van der Waals surface area contributed by atoms with Crippen molar-refractivity contribution in [3.05, 3.63) is 57.2 Å². The average molecular weight is 323 g/mol. The monoisotopic (exact) mass is 322 g/mol. The van der Waals surface area contributed by atoms with E-state index >= 15 is 0 Å². The Labute approximate surface area is 136 Å². The quantitative estimate of drug-likeness (QED) is 0.765. The van der Waals surface area contributed by atoms with Gasteiger partial charge in [-0.05, 0) is 30.8 Å². The molecule has 0 aliphatic carbocycles. The smallest absolute Gasteiger partial charge is 0.0931 e. The summed E-state index contributed by atoms with van der Waals surface area (Å²) in [4.78, 5) is 3.77. The van der Waals surface area contributed by atoms with Gasteiger partial charge in [0.1, 0.15) is 0 Å². The molecule has 4 heteroatoms. The number of halogens is 1. The van der Waals surface area contributed by atoms with Crippen molar-refractivity contribution in [3.63, 3.8) is 0 Å². The van der Waals surface area contributed by atoms with Crippen molar-refractivity contribution in [2.24, 2.45) is 0 Å². The highest BCUT2D eigenvalue weighted by molar-refractivity contribution is 7.16. The molecule has 1 atom stereocenters. The van der Waals surface area contributed by atoms with Crippen LogP contribution < -0.4 is 5.32 Å². The molecular formula is C17H23ClN2S. The molecule has 0 radical (unpaired) electrons. The lowest BCUT2D eigenvalue weighted by Crippen LogP contribution is -2.35. The minimum atomic E-state index is 0.414. The fourth-order valence-corrected chi connectivity index (χ4v) is 3.63. The fourth-order valence-electron chi connectivity index (χ4n) is 2.58. The summed E-state index contributed by atoms with van der Waals surface area (Å²) >= 11 is 7.62. The maximum atomic E-state index is 5.98. The lowest BCUT2D eigenvalue weighted by Gasteiger charge is -2.30. The first-order valence-electron chi connectivity index (χ1n) is 7.48. The number of rotatable bonds is 8. The van der Waals surface area contributed by atoms with Crippen LogP contribution in [0.3, 0.4) is 0 Å². The molecule has 1 N–H and O–H groups in total. The lowest BCUT2D eigenvalue weighted by molar-refractivity contribution is 0.213. The van der Waals surface area contributed by atoms with E-state index in [-0.39, 0.29) is 0 Å². The van der Waals surface area contributed by atoms with Crippen molar-refractivity contribution in [3.8, 4) is 0 Å². The Bertz CT molecular complexity index is 523. The normalized spacial score (nSPS) is 12.8. The number of nitrogens with zero attached hydrogens (tertiary/aromatic N) is 1. The van der Waals surface area contributed by atoms with Crippen LogP contribution in [0.5, 0.6) is 0 Å². The third-order valence-corrected chi connectivity index (χ3v) is 4.93. The second-order valence-electron chi connectivity index (χ2n) is 4.98. The number of nitrogens with one attached hydrogen (secondary N) is 1. The van der Waals surface area contributed by atoms with E-state index in [1.54, 1.807) is 11.3 Å². The van der Waals surface area contributed by atoms with Crippen molar-refractivity contribution < 1.29 is 0 Å². The second kappa shape index (κ2) is 8.54. The summed E-state index contributed by atoms with van der Waals surface area (Å²) in [6.45, 7) is 8.38. The lowest BCUT2D eigenvalue weighted by atomic mass is 10.1. The van der Waals surface area contributed by atoms with Gasteiger partial charge in [0.15, 0.2) is 0 Å². The summed E-state index contributed by atoms with van der Waals surface area (Å²) < 4.78 is 0.857. The van der Waals surface area contributed by atoms with Gasteiger partial charge in [0.2, 0.25) is 0 Å². The van der Waals surface area contributed by atoms with Crippen LogP contribution in [0.2, 0.25) is 4.34 Å². The van der Waals surface area contributed by atoms with Gasteiger partial charge >= 0.3 is 0 Å². The molecule has 0 saturated carbocycles. The molecule has 21 heavy (non-hydrogen) atoms. The summed E-state index contributed by atoms with van der Waals surface area (Å²) in [5.74, 6) is 0. The molecule has 2 aromatic rings. The number of thiophene rings is 1. The van der Waals surface area contributed by atoms with Crippen LogP contribution in [-0.4, -0.2) is 24.5 Å². The van der Waals surface area contributed by atoms with Crippen LogP contribution in [0.4, 0.5) is 0 Å². The zero-order valence-corrected chi connectivity index (χ0v) is 14.3. The van der Waals surface area contributed by atoms with E-state index in [9.17, 15) is 0 Å². The molecule has 1 heterocycles. The molecule has 0 fully saturated rings. The minimum Gasteiger partial charge on any atom is -0.310 e. The molecule has 0 aliphatic heterocycles. The third-order valence-electron chi connectivity index (χ3n) is 3.70. The van der Waals surface area contributed by atoms with Crippen LogP contribution >= 0.6 is 22.9 Å². The van der Waals surface area contributed by atoms with Crippen molar-refractivity contribution in [1.29, 1.82) is 0 Å². The maximum absolute atomic E-state index is 5.98. The van der Waals surface area contributed by atoms with E-state index < -0.39 is 0 Å². The standard InChI is InChI=1S/C17H23ClN2S/c1-3-20(4-2)16(14-8-6-5-7-9-14)13-19-12-15-10-11-17(18)21-15/h5-11,16,19H,3-4,12-13H2,1-2H3. The molecule has 0 bridgehead atoms. The van der Waals surface area contributed by atoms with E-state index in [1.165, 1.54) is 10.4 Å². The summed E-state index contributed by atoms with van der Waals surface area (Å²) in [6.07, 6.45) is 0. The Hall–Kier alpha value is -0.870. The number of hydrogen-bond donors (Lipinski definition) is 1. The third kappa shape index (κ3) is 4.82. The molecule has 0 saturated heterocycles. The second-order valence-corrected chi connectivity index (χ2v) is 6.78. The largest absolute Gasteiger partial charge is 0.310 e. The van der Waals surface area contributed by atoms with Gasteiger partial charge in [0.25, 0.3) is 0 Å². The average Bonchev–Trinajstić information content (AvgIpc) is 2.93. The highest BCUT2D eigenvalue weighted by Crippen LogP contribution is 2.22. The Kier molecular flexibility index (Phi) is 6.71. The zero-order chi connectivity index (χ0) is 15.1. The van der Waals surface area contributed by atoms with E-state index in [0.29, 0.717) is 6.04 Å². The van der Waals surface area contributed by atoms with Crippen molar-refractivity contribution in [1.82, 2.24) is 10.2 Å². The van der Waals surface area contributed by atoms with Crippen molar-refractivity contribution in [2.75, 3.05) is 19.6 Å². The summed E-state index contributed by atoms with van der Waals surface area (Å²) in [7, 11) is 0. The first kappa shape index (κ1) is 16.5. The van der Waals surface area contributed by atoms with Gasteiger partial charge in [0, 0.05) is 24.0 Å². The maximum Gasteiger partial charge on any atom is 0.0931 e. The highest BCUT2D eigenvalue weighted by Gasteiger charge is 2.17. The highest BCUT2D eigenvalue weighted by atomic mass is 35.5. The first-order valence-corrected chi connectivity index (χ1v) is 8.68. The van der Waals surface area contributed by atoms with Gasteiger partial charge in [0.05, 0.1) is 4.34 Å².